The van der Waals surface area contributed by atoms with Crippen LogP contribution in [0, 0.1) is 5.92 Å². The van der Waals surface area contributed by atoms with Crippen molar-refractivity contribution in [2.75, 3.05) is 0 Å². The van der Waals surface area contributed by atoms with E-state index >= 15 is 0 Å². The lowest BCUT2D eigenvalue weighted by Crippen LogP contribution is -2.32. The maximum Gasteiger partial charge on any atom is 0.303 e. The van der Waals surface area contributed by atoms with Crippen LogP contribution < -0.4 is 0 Å². The van der Waals surface area contributed by atoms with Gasteiger partial charge in [-0.15, -0.1) is 0 Å². The van der Waals surface area contributed by atoms with Crippen molar-refractivity contribution < 1.29 is 14.3 Å². The first-order chi connectivity index (χ1) is 7.75. The molecule has 0 aromatic heterocycles. The summed E-state index contributed by atoms with van der Waals surface area (Å²) in [5, 5.41) is 0. The predicted molar refractivity (Wildman–Crippen MR) is 60.8 cm³/mol. The molecule has 0 aromatic rings. The Morgan fingerprint density at radius 3 is 2.75 bits per heavy atom. The van der Waals surface area contributed by atoms with E-state index in [-0.39, 0.29) is 18.2 Å². The molecule has 1 heterocycles. The Labute approximate surface area is 96.8 Å². The topological polar surface area (TPSA) is 35.5 Å². The molecule has 1 aliphatic carbocycles. The number of carbonyl (C=O) groups is 1. The van der Waals surface area contributed by atoms with Crippen LogP contribution in [0.2, 0.25) is 0 Å². The molecule has 1 aliphatic heterocycles. The molecule has 0 N–H and O–H groups in total. The molecular formula is C13H20O3. The highest BCUT2D eigenvalue weighted by atomic mass is 16.5. The maximum absolute atomic E-state index is 10.9. The fraction of sp³-hybridized carbons (Fsp3) is 0.769. The standard InChI is InChI=1S/C13H20O3/c1-10(14)16-12-7-8-15-13(9-12)11-5-3-2-4-6-11/h7-8,11-13H,2-6,9H2,1H3/t12-,13+/m0/s1. The summed E-state index contributed by atoms with van der Waals surface area (Å²) in [5.74, 6) is 0.440. The van der Waals surface area contributed by atoms with Crippen molar-refractivity contribution in [2.45, 2.75) is 57.7 Å². The first-order valence-corrected chi connectivity index (χ1v) is 6.25. The van der Waals surface area contributed by atoms with Crippen molar-refractivity contribution in [3.63, 3.8) is 0 Å². The maximum atomic E-state index is 10.9. The van der Waals surface area contributed by atoms with E-state index in [0.717, 1.165) is 6.42 Å². The van der Waals surface area contributed by atoms with Gasteiger partial charge in [0, 0.05) is 13.3 Å². The molecule has 16 heavy (non-hydrogen) atoms. The number of rotatable bonds is 2. The lowest BCUT2D eigenvalue weighted by atomic mass is 9.83. The van der Waals surface area contributed by atoms with Crippen LogP contribution in [0.25, 0.3) is 0 Å². The summed E-state index contributed by atoms with van der Waals surface area (Å²) >= 11 is 0. The van der Waals surface area contributed by atoms with Gasteiger partial charge < -0.3 is 9.47 Å². The lowest BCUT2D eigenvalue weighted by Gasteiger charge is -2.33. The number of esters is 1. The first kappa shape index (κ1) is 11.5. The number of hydrogen-bond acceptors (Lipinski definition) is 3. The third-order valence-corrected chi connectivity index (χ3v) is 3.50. The summed E-state index contributed by atoms with van der Waals surface area (Å²) in [4.78, 5) is 10.9. The third-order valence-electron chi connectivity index (χ3n) is 3.50. The predicted octanol–water partition coefficient (Wildman–Crippen LogP) is 2.80. The van der Waals surface area contributed by atoms with Gasteiger partial charge in [-0.2, -0.15) is 0 Å². The van der Waals surface area contributed by atoms with Crippen LogP contribution in [0.1, 0.15) is 45.4 Å². The Morgan fingerprint density at radius 2 is 2.06 bits per heavy atom. The second kappa shape index (κ2) is 5.37. The molecule has 0 unspecified atom stereocenters. The zero-order valence-electron chi connectivity index (χ0n) is 9.85. The summed E-state index contributed by atoms with van der Waals surface area (Å²) in [7, 11) is 0. The van der Waals surface area contributed by atoms with Crippen molar-refractivity contribution in [1.82, 2.24) is 0 Å². The average Bonchev–Trinajstić information content (AvgIpc) is 2.30. The smallest absolute Gasteiger partial charge is 0.303 e. The van der Waals surface area contributed by atoms with Gasteiger partial charge in [-0.1, -0.05) is 19.3 Å². The molecule has 0 bridgehead atoms. The highest BCUT2D eigenvalue weighted by Crippen LogP contribution is 2.32. The normalized spacial score (nSPS) is 30.8. The van der Waals surface area contributed by atoms with E-state index < -0.39 is 0 Å². The molecule has 0 amide bonds. The summed E-state index contributed by atoms with van der Waals surface area (Å²) in [6.45, 7) is 1.46. The minimum absolute atomic E-state index is 0.0850. The Hall–Kier alpha value is -0.990. The molecule has 0 saturated heterocycles. The molecule has 1 fully saturated rings. The minimum Gasteiger partial charge on any atom is -0.498 e. The molecule has 3 nitrogen and oxygen atoms in total. The molecule has 1 saturated carbocycles. The monoisotopic (exact) mass is 224 g/mol. The van der Waals surface area contributed by atoms with Crippen LogP contribution >= 0.6 is 0 Å². The van der Waals surface area contributed by atoms with Gasteiger partial charge in [0.15, 0.2) is 0 Å². The largest absolute Gasteiger partial charge is 0.498 e. The quantitative estimate of drug-likeness (QED) is 0.677. The average molecular weight is 224 g/mol. The minimum atomic E-state index is -0.209. The Balaban J connectivity index is 1.87. The lowest BCUT2D eigenvalue weighted by molar-refractivity contribution is -0.146. The van der Waals surface area contributed by atoms with Gasteiger partial charge in [-0.05, 0) is 24.8 Å². The van der Waals surface area contributed by atoms with E-state index in [0.29, 0.717) is 5.92 Å². The second-order valence-electron chi connectivity index (χ2n) is 4.78. The number of carbonyl (C=O) groups excluding carboxylic acids is 1. The highest BCUT2D eigenvalue weighted by Gasteiger charge is 2.29. The number of hydrogen-bond donors (Lipinski definition) is 0. The molecule has 2 rings (SSSR count). The van der Waals surface area contributed by atoms with Gasteiger partial charge in [-0.3, -0.25) is 4.79 Å². The summed E-state index contributed by atoms with van der Waals surface area (Å²) in [6.07, 6.45) is 11.0. The molecule has 2 aliphatic rings. The van der Waals surface area contributed by atoms with Gasteiger partial charge in [0.25, 0.3) is 0 Å². The molecule has 0 radical (unpaired) electrons. The molecule has 0 spiro atoms. The molecule has 0 aromatic carbocycles. The third kappa shape index (κ3) is 3.00. The van der Waals surface area contributed by atoms with Gasteiger partial charge in [-0.25, -0.2) is 0 Å². The molecule has 2 atom stereocenters. The van der Waals surface area contributed by atoms with Gasteiger partial charge >= 0.3 is 5.97 Å². The zero-order chi connectivity index (χ0) is 11.4. The number of ether oxygens (including phenoxy) is 2. The van der Waals surface area contributed by atoms with E-state index in [4.69, 9.17) is 9.47 Å². The van der Waals surface area contributed by atoms with E-state index in [1.54, 1.807) is 6.26 Å². The molecule has 90 valence electrons. The van der Waals surface area contributed by atoms with Crippen LogP contribution in [0.4, 0.5) is 0 Å². The van der Waals surface area contributed by atoms with Crippen molar-refractivity contribution in [1.29, 1.82) is 0 Å². The van der Waals surface area contributed by atoms with E-state index in [9.17, 15) is 4.79 Å². The summed E-state index contributed by atoms with van der Waals surface area (Å²) in [6, 6.07) is 0. The van der Waals surface area contributed by atoms with Gasteiger partial charge in [0.2, 0.25) is 0 Å². The summed E-state index contributed by atoms with van der Waals surface area (Å²) < 4.78 is 10.9. The zero-order valence-corrected chi connectivity index (χ0v) is 9.85. The van der Waals surface area contributed by atoms with Crippen molar-refractivity contribution in [2.24, 2.45) is 5.92 Å². The Kier molecular flexibility index (Phi) is 3.86. The fourth-order valence-corrected chi connectivity index (χ4v) is 2.71. The molecular weight excluding hydrogens is 204 g/mol. The van der Waals surface area contributed by atoms with Crippen molar-refractivity contribution in [3.8, 4) is 0 Å². The Bertz CT molecular complexity index is 266. The highest BCUT2D eigenvalue weighted by molar-refractivity contribution is 5.66. The van der Waals surface area contributed by atoms with Crippen molar-refractivity contribution >= 4 is 5.97 Å². The first-order valence-electron chi connectivity index (χ1n) is 6.25. The molecule has 3 heteroatoms. The van der Waals surface area contributed by atoms with Gasteiger partial charge in [0.05, 0.1) is 6.26 Å². The van der Waals surface area contributed by atoms with Crippen LogP contribution in [0.5, 0.6) is 0 Å². The SMILES string of the molecule is CC(=O)O[C@H]1C=CO[C@@H](C2CCCCC2)C1. The summed E-state index contributed by atoms with van der Waals surface area (Å²) in [5.41, 5.74) is 0. The fourth-order valence-electron chi connectivity index (χ4n) is 2.71. The van der Waals surface area contributed by atoms with Crippen LogP contribution in [0.15, 0.2) is 12.3 Å². The van der Waals surface area contributed by atoms with E-state index in [1.165, 1.54) is 39.0 Å². The van der Waals surface area contributed by atoms with Gasteiger partial charge in [0.1, 0.15) is 12.2 Å². The van der Waals surface area contributed by atoms with Crippen molar-refractivity contribution in [3.05, 3.63) is 12.3 Å². The van der Waals surface area contributed by atoms with E-state index in [2.05, 4.69) is 0 Å². The van der Waals surface area contributed by atoms with E-state index in [1.807, 2.05) is 6.08 Å². The van der Waals surface area contributed by atoms with Crippen LogP contribution in [-0.2, 0) is 14.3 Å². The Morgan fingerprint density at radius 1 is 1.31 bits per heavy atom. The van der Waals surface area contributed by atoms with Crippen LogP contribution in [0.3, 0.4) is 0 Å². The second-order valence-corrected chi connectivity index (χ2v) is 4.78. The van der Waals surface area contributed by atoms with Crippen LogP contribution in [-0.4, -0.2) is 18.2 Å².